The van der Waals surface area contributed by atoms with Crippen LogP contribution >= 0.6 is 0 Å². The molecule has 0 saturated carbocycles. The highest BCUT2D eigenvalue weighted by atomic mass is 17.2. The molecule has 0 atom stereocenters. The summed E-state index contributed by atoms with van der Waals surface area (Å²) in [6.45, 7) is 3.59. The topological polar surface area (TPSA) is 55.8 Å². The summed E-state index contributed by atoms with van der Waals surface area (Å²) in [5.74, 6) is -0.818. The van der Waals surface area contributed by atoms with Crippen molar-refractivity contribution in [3.8, 4) is 5.75 Å². The molecule has 1 rings (SSSR count). The van der Waals surface area contributed by atoms with Crippen LogP contribution in [0.3, 0.4) is 0 Å². The molecule has 0 saturated heterocycles. The highest BCUT2D eigenvalue weighted by Gasteiger charge is 2.11. The Morgan fingerprint density at radius 1 is 1.36 bits per heavy atom. The van der Waals surface area contributed by atoms with Gasteiger partial charge in [0, 0.05) is 0 Å². The lowest BCUT2D eigenvalue weighted by molar-refractivity contribution is -0.234. The molecule has 0 aliphatic carbocycles. The van der Waals surface area contributed by atoms with Gasteiger partial charge in [0.2, 0.25) is 0 Å². The van der Waals surface area contributed by atoms with Crippen molar-refractivity contribution in [3.05, 3.63) is 29.8 Å². The van der Waals surface area contributed by atoms with Gasteiger partial charge in [-0.2, -0.15) is 4.89 Å². The molecular formula is C10H12O4. The van der Waals surface area contributed by atoms with Crippen molar-refractivity contribution in [2.75, 3.05) is 0 Å². The number of rotatable bonds is 4. The summed E-state index contributed by atoms with van der Waals surface area (Å²) in [4.78, 5) is 20.5. The Hall–Kier alpha value is -1.55. The molecule has 1 aromatic carbocycles. The fraction of sp³-hybridized carbons (Fsp3) is 0.300. The molecule has 14 heavy (non-hydrogen) atoms. The number of aromatic carboxylic acids is 1. The quantitative estimate of drug-likeness (QED) is 0.591. The Bertz CT molecular complexity index is 320. The minimum absolute atomic E-state index is 0.0909. The van der Waals surface area contributed by atoms with Crippen LogP contribution in [0.1, 0.15) is 24.2 Å². The van der Waals surface area contributed by atoms with Crippen LogP contribution in [0.25, 0.3) is 0 Å². The molecule has 4 nitrogen and oxygen atoms in total. The first-order valence-corrected chi connectivity index (χ1v) is 4.27. The lowest BCUT2D eigenvalue weighted by Crippen LogP contribution is -2.09. The van der Waals surface area contributed by atoms with E-state index in [0.717, 1.165) is 0 Å². The van der Waals surface area contributed by atoms with Gasteiger partial charge in [0.1, 0.15) is 5.56 Å². The van der Waals surface area contributed by atoms with Crippen molar-refractivity contribution in [2.24, 2.45) is 0 Å². The number of hydrogen-bond acceptors (Lipinski definition) is 3. The van der Waals surface area contributed by atoms with Crippen LogP contribution < -0.4 is 4.89 Å². The standard InChI is InChI=1S/C10H12O4/c1-7(2)13-14-9-6-4-3-5-8(9)10(11)12/h3-7H,1-2H3,(H,11,12). The number of carboxylic acids is 1. The van der Waals surface area contributed by atoms with Crippen LogP contribution in [-0.4, -0.2) is 17.2 Å². The normalized spacial score (nSPS) is 10.2. The SMILES string of the molecule is CC(C)OOc1ccccc1C(=O)O. The van der Waals surface area contributed by atoms with E-state index in [9.17, 15) is 4.79 Å². The van der Waals surface area contributed by atoms with Gasteiger partial charge in [-0.25, -0.2) is 4.79 Å². The number of benzene rings is 1. The van der Waals surface area contributed by atoms with E-state index in [-0.39, 0.29) is 17.4 Å². The lowest BCUT2D eigenvalue weighted by atomic mass is 10.2. The second kappa shape index (κ2) is 4.62. The predicted molar refractivity (Wildman–Crippen MR) is 50.3 cm³/mol. The average Bonchev–Trinajstić information content (AvgIpc) is 2.15. The first-order chi connectivity index (χ1) is 6.61. The van der Waals surface area contributed by atoms with Gasteiger partial charge in [0.25, 0.3) is 0 Å². The molecule has 1 N–H and O–H groups in total. The van der Waals surface area contributed by atoms with E-state index >= 15 is 0 Å². The monoisotopic (exact) mass is 196 g/mol. The third-order valence-corrected chi connectivity index (χ3v) is 1.45. The minimum Gasteiger partial charge on any atom is -0.478 e. The maximum atomic E-state index is 10.7. The van der Waals surface area contributed by atoms with Crippen molar-refractivity contribution in [1.82, 2.24) is 0 Å². The zero-order chi connectivity index (χ0) is 10.6. The zero-order valence-corrected chi connectivity index (χ0v) is 8.06. The van der Waals surface area contributed by atoms with Crippen molar-refractivity contribution in [1.29, 1.82) is 0 Å². The van der Waals surface area contributed by atoms with Gasteiger partial charge in [-0.15, -0.1) is 0 Å². The van der Waals surface area contributed by atoms with Gasteiger partial charge in [0.05, 0.1) is 6.10 Å². The van der Waals surface area contributed by atoms with E-state index in [1.807, 2.05) is 0 Å². The van der Waals surface area contributed by atoms with E-state index in [4.69, 9.17) is 14.9 Å². The highest BCUT2D eigenvalue weighted by molar-refractivity contribution is 5.90. The summed E-state index contributed by atoms with van der Waals surface area (Å²) in [6.07, 6.45) is -0.114. The smallest absolute Gasteiger partial charge is 0.339 e. The highest BCUT2D eigenvalue weighted by Crippen LogP contribution is 2.18. The summed E-state index contributed by atoms with van der Waals surface area (Å²) in [5, 5.41) is 8.80. The number of carboxylic acid groups (broad SMARTS) is 1. The largest absolute Gasteiger partial charge is 0.478 e. The van der Waals surface area contributed by atoms with Crippen LogP contribution in [0.5, 0.6) is 5.75 Å². The van der Waals surface area contributed by atoms with E-state index in [2.05, 4.69) is 0 Å². The molecule has 0 fully saturated rings. The zero-order valence-electron chi connectivity index (χ0n) is 8.06. The Kier molecular flexibility index (Phi) is 3.48. The molecule has 0 amide bonds. The Labute approximate surface area is 82.0 Å². The van der Waals surface area contributed by atoms with Crippen LogP contribution in [0, 0.1) is 0 Å². The van der Waals surface area contributed by atoms with Gasteiger partial charge < -0.3 is 9.99 Å². The van der Waals surface area contributed by atoms with Gasteiger partial charge in [-0.1, -0.05) is 12.1 Å². The Morgan fingerprint density at radius 2 is 2.00 bits per heavy atom. The number of carbonyl (C=O) groups is 1. The number of para-hydroxylation sites is 1. The van der Waals surface area contributed by atoms with E-state index in [1.165, 1.54) is 6.07 Å². The van der Waals surface area contributed by atoms with Crippen molar-refractivity contribution in [2.45, 2.75) is 20.0 Å². The van der Waals surface area contributed by atoms with Crippen LogP contribution in [0.4, 0.5) is 0 Å². The third-order valence-electron chi connectivity index (χ3n) is 1.45. The summed E-state index contributed by atoms with van der Waals surface area (Å²) in [7, 11) is 0. The first-order valence-electron chi connectivity index (χ1n) is 4.27. The second-order valence-corrected chi connectivity index (χ2v) is 3.03. The molecule has 0 spiro atoms. The Morgan fingerprint density at radius 3 is 2.57 bits per heavy atom. The van der Waals surface area contributed by atoms with Crippen LogP contribution in [0.15, 0.2) is 24.3 Å². The Balaban J connectivity index is 2.79. The van der Waals surface area contributed by atoms with Crippen molar-refractivity contribution >= 4 is 5.97 Å². The first kappa shape index (κ1) is 10.5. The molecule has 0 aliphatic rings. The molecule has 0 aliphatic heterocycles. The molecule has 76 valence electrons. The molecule has 0 unspecified atom stereocenters. The minimum atomic E-state index is -1.03. The van der Waals surface area contributed by atoms with Gasteiger partial charge in [-0.05, 0) is 26.0 Å². The van der Waals surface area contributed by atoms with Crippen LogP contribution in [0.2, 0.25) is 0 Å². The molecular weight excluding hydrogens is 184 g/mol. The maximum absolute atomic E-state index is 10.7. The third kappa shape index (κ3) is 2.74. The fourth-order valence-electron chi connectivity index (χ4n) is 0.864. The maximum Gasteiger partial charge on any atom is 0.339 e. The van der Waals surface area contributed by atoms with Gasteiger partial charge >= 0.3 is 5.97 Å². The fourth-order valence-corrected chi connectivity index (χ4v) is 0.864. The van der Waals surface area contributed by atoms with Gasteiger partial charge in [-0.3, -0.25) is 0 Å². The summed E-state index contributed by atoms with van der Waals surface area (Å²) >= 11 is 0. The van der Waals surface area contributed by atoms with Gasteiger partial charge in [0.15, 0.2) is 5.75 Å². The van der Waals surface area contributed by atoms with Crippen molar-refractivity contribution in [3.63, 3.8) is 0 Å². The van der Waals surface area contributed by atoms with E-state index in [1.54, 1.807) is 32.0 Å². The van der Waals surface area contributed by atoms with E-state index < -0.39 is 5.97 Å². The molecule has 0 bridgehead atoms. The summed E-state index contributed by atoms with van der Waals surface area (Å²) in [5.41, 5.74) is 0.0909. The second-order valence-electron chi connectivity index (χ2n) is 3.03. The molecule has 4 heteroatoms. The molecule has 0 radical (unpaired) electrons. The summed E-state index contributed by atoms with van der Waals surface area (Å²) in [6, 6.07) is 6.32. The molecule has 0 aromatic heterocycles. The molecule has 0 heterocycles. The average molecular weight is 196 g/mol. The lowest BCUT2D eigenvalue weighted by Gasteiger charge is -2.09. The van der Waals surface area contributed by atoms with Crippen molar-refractivity contribution < 1.29 is 19.7 Å². The van der Waals surface area contributed by atoms with Crippen LogP contribution in [-0.2, 0) is 4.89 Å². The predicted octanol–water partition coefficient (Wildman–Crippen LogP) is 2.10. The summed E-state index contributed by atoms with van der Waals surface area (Å²) < 4.78 is 0. The molecule has 1 aromatic rings. The van der Waals surface area contributed by atoms with E-state index in [0.29, 0.717) is 0 Å². The number of hydrogen-bond donors (Lipinski definition) is 1.